The third-order valence-electron chi connectivity index (χ3n) is 15.0. The summed E-state index contributed by atoms with van der Waals surface area (Å²) < 4.78 is 68.7. The van der Waals surface area contributed by atoms with Crippen LogP contribution in [0.5, 0.6) is 34.5 Å². The predicted molar refractivity (Wildman–Crippen MR) is 338 cm³/mol. The molecule has 0 radical (unpaired) electrons. The van der Waals surface area contributed by atoms with Crippen LogP contribution in [-0.2, 0) is 69.9 Å². The van der Waals surface area contributed by atoms with Crippen molar-refractivity contribution in [3.63, 3.8) is 0 Å². The number of aromatic hydroxyl groups is 1. The largest absolute Gasteiger partial charge is 0.504 e. The van der Waals surface area contributed by atoms with E-state index in [-0.39, 0.29) is 97.2 Å². The molecule has 448 valence electrons. The van der Waals surface area contributed by atoms with E-state index in [1.54, 1.807) is 0 Å². The molecule has 12 rings (SSSR count). The Balaban J connectivity index is 1.10. The number of esters is 2. The molecule has 0 spiro atoms. The number of hydrogen-bond acceptors (Lipinski definition) is 14. The zero-order valence-corrected chi connectivity index (χ0v) is 49.4. The molecule has 89 heavy (non-hydrogen) atoms. The van der Waals surface area contributed by atoms with E-state index in [4.69, 9.17) is 47.4 Å². The van der Waals surface area contributed by atoms with E-state index in [0.717, 1.165) is 43.8 Å². The van der Waals surface area contributed by atoms with Gasteiger partial charge in [-0.1, -0.05) is 242 Å². The Hall–Kier alpha value is -9.83. The van der Waals surface area contributed by atoms with Gasteiger partial charge in [0, 0.05) is 16.0 Å². The Morgan fingerprint density at radius 3 is 1.20 bits per heavy atom. The van der Waals surface area contributed by atoms with E-state index >= 15 is 9.59 Å². The fourth-order valence-corrected chi connectivity index (χ4v) is 11.7. The van der Waals surface area contributed by atoms with Crippen molar-refractivity contribution >= 4 is 23.7 Å². The minimum atomic E-state index is -1.28. The second-order valence-corrected chi connectivity index (χ2v) is 22.4. The van der Waals surface area contributed by atoms with Crippen LogP contribution in [0, 0.1) is 0 Å². The quantitative estimate of drug-likeness (QED) is 0.0606. The van der Waals surface area contributed by atoms with Crippen LogP contribution in [-0.4, -0.2) is 53.5 Å². The number of phenols is 1. The Labute approximate surface area is 521 Å². The molecule has 1 N–H and O–H groups in total. The highest BCUT2D eigenvalue weighted by atomic mass is 32.2. The van der Waals surface area contributed by atoms with Gasteiger partial charge in [0.05, 0.1) is 24.3 Å². The smallest absolute Gasteiger partial charge is 0.339 e. The fourth-order valence-electron chi connectivity index (χ4n) is 10.6. The van der Waals surface area contributed by atoms with Gasteiger partial charge in [-0.05, 0) is 63.2 Å². The van der Waals surface area contributed by atoms with Crippen molar-refractivity contribution in [3.05, 3.63) is 305 Å². The average Bonchev–Trinajstić information content (AvgIpc) is 0.965. The van der Waals surface area contributed by atoms with Gasteiger partial charge in [0.1, 0.15) is 63.4 Å². The molecule has 0 unspecified atom stereocenters. The summed E-state index contributed by atoms with van der Waals surface area (Å²) in [5.41, 5.74) is 3.97. The van der Waals surface area contributed by atoms with Crippen LogP contribution in [0.3, 0.4) is 0 Å². The molecule has 14 heteroatoms. The van der Waals surface area contributed by atoms with Crippen molar-refractivity contribution in [1.82, 2.24) is 0 Å². The number of thioether (sulfide) groups is 1. The molecule has 2 heterocycles. The van der Waals surface area contributed by atoms with Crippen LogP contribution < -0.4 is 23.7 Å². The summed E-state index contributed by atoms with van der Waals surface area (Å²) in [7, 11) is 0. The van der Waals surface area contributed by atoms with Crippen LogP contribution in [0.4, 0.5) is 0 Å². The summed E-state index contributed by atoms with van der Waals surface area (Å²) in [6.07, 6.45) is -4.54. The van der Waals surface area contributed by atoms with Crippen molar-refractivity contribution < 1.29 is 62.1 Å². The Kier molecular flexibility index (Phi) is 19.6. The number of ether oxygens (including phenoxy) is 10. The van der Waals surface area contributed by atoms with E-state index in [0.29, 0.717) is 0 Å². The lowest BCUT2D eigenvalue weighted by Crippen LogP contribution is -2.61. The highest BCUT2D eigenvalue weighted by molar-refractivity contribution is 7.99. The summed E-state index contributed by atoms with van der Waals surface area (Å²) in [4.78, 5) is 33.3. The third kappa shape index (κ3) is 15.0. The van der Waals surface area contributed by atoms with Crippen molar-refractivity contribution in [2.24, 2.45) is 0 Å². The molecule has 2 aliphatic rings. The van der Waals surface area contributed by atoms with Crippen molar-refractivity contribution in [3.8, 4) is 45.6 Å². The molecule has 13 nitrogen and oxygen atoms in total. The molecular weight excluding hydrogens is 1140 g/mol. The first-order valence-electron chi connectivity index (χ1n) is 29.4. The lowest BCUT2D eigenvalue weighted by Gasteiger charge is -2.45. The first kappa shape index (κ1) is 59.5. The van der Waals surface area contributed by atoms with Gasteiger partial charge in [-0.25, -0.2) is 9.59 Å². The first-order valence-corrected chi connectivity index (χ1v) is 30.3. The molecule has 0 amide bonds. The van der Waals surface area contributed by atoms with Gasteiger partial charge in [-0.3, -0.25) is 0 Å². The minimum Gasteiger partial charge on any atom is -0.504 e. The number of hydrogen-bond donors (Lipinski definition) is 1. The summed E-state index contributed by atoms with van der Waals surface area (Å²) >= 11 is 1.37. The highest BCUT2D eigenvalue weighted by Gasteiger charge is 2.52. The van der Waals surface area contributed by atoms with Gasteiger partial charge in [0.2, 0.25) is 11.5 Å². The zero-order chi connectivity index (χ0) is 60.6. The number of rotatable bonds is 23. The number of fused-ring (bicyclic) bond motifs is 5. The molecule has 10 aromatic rings. The SMILES string of the molecule is O=C1O[C@@H]2[C@@H](OCc3ccccc3)[C@H](Sc3ccccc3)O[C@H](COC(=O)c3cc(OCc4ccccc4)c(OCc4ccccc4)c(OCc4ccccc4)c3-c3c1cc(OCc1ccccc1)c(OCc1ccccc1)c3O)[C@H]2OCc1ccccc1. The number of carbonyl (C=O) groups excluding carboxylic acids is 2. The van der Waals surface area contributed by atoms with Gasteiger partial charge in [-0.2, -0.15) is 0 Å². The molecule has 1 saturated heterocycles. The average molecular weight is 1210 g/mol. The van der Waals surface area contributed by atoms with E-state index in [1.807, 2.05) is 243 Å². The molecular formula is C75H64O13S. The maximum Gasteiger partial charge on any atom is 0.339 e. The second-order valence-electron chi connectivity index (χ2n) is 21.3. The van der Waals surface area contributed by atoms with Crippen molar-refractivity contribution in [2.45, 2.75) is 81.0 Å². The maximum atomic E-state index is 16.5. The van der Waals surface area contributed by atoms with Crippen LogP contribution in [0.15, 0.2) is 260 Å². The van der Waals surface area contributed by atoms with E-state index < -0.39 is 54.1 Å². The number of cyclic esters (lactones) is 1. The predicted octanol–water partition coefficient (Wildman–Crippen LogP) is 15.3. The Morgan fingerprint density at radius 1 is 0.393 bits per heavy atom. The van der Waals surface area contributed by atoms with E-state index in [2.05, 4.69) is 0 Å². The van der Waals surface area contributed by atoms with Crippen molar-refractivity contribution in [1.29, 1.82) is 0 Å². The molecule has 5 atom stereocenters. The summed E-state index contributed by atoms with van der Waals surface area (Å²) in [6.45, 7) is -0.369. The standard InChI is InChI=1S/C75H64O13S/c76-66-64-59(41-61(79-43-51-25-9-1-10-26-51)67(66)81-45-53-29-13-3-14-30-53)74(78)88-71-69(83-47-55-33-17-5-18-34-55)63(87-75(89-58-39-23-8-24-40-58)72(71)85-49-57-37-21-7-22-38-57)50-86-73(77)60-42-62(80-44-52-27-11-2-12-28-52)68(82-46-54-31-15-4-16-32-54)70(65(60)64)84-48-56-35-19-6-20-36-56/h1-42,63,69,71-72,75-76H,43-50H2/t63-,69-,71+,72-,75+/m1/s1. The van der Waals surface area contributed by atoms with Gasteiger partial charge in [-0.15, -0.1) is 0 Å². The van der Waals surface area contributed by atoms with Gasteiger partial charge >= 0.3 is 11.9 Å². The lowest BCUT2D eigenvalue weighted by molar-refractivity contribution is -0.236. The molecule has 2 aliphatic heterocycles. The fraction of sp³-hybridized carbons (Fsp3) is 0.173. The summed E-state index contributed by atoms with van der Waals surface area (Å²) in [5, 5.41) is 13.6. The number of phenolic OH excluding ortho intramolecular Hbond substituents is 1. The Morgan fingerprint density at radius 2 is 0.753 bits per heavy atom. The van der Waals surface area contributed by atoms with Gasteiger partial charge in [0.15, 0.2) is 29.1 Å². The maximum absolute atomic E-state index is 16.5. The monoisotopic (exact) mass is 1200 g/mol. The topological polar surface area (TPSA) is 147 Å². The number of benzene rings is 10. The number of carbonyl (C=O) groups is 2. The summed E-state index contributed by atoms with van der Waals surface area (Å²) in [5.74, 6) is -2.51. The zero-order valence-electron chi connectivity index (χ0n) is 48.5. The van der Waals surface area contributed by atoms with E-state index in [1.165, 1.54) is 23.9 Å². The van der Waals surface area contributed by atoms with Crippen LogP contribution in [0.25, 0.3) is 11.1 Å². The minimum absolute atomic E-state index is 0.00362. The molecule has 0 aromatic heterocycles. The molecule has 0 aliphatic carbocycles. The second kappa shape index (κ2) is 29.2. The lowest BCUT2D eigenvalue weighted by atomic mass is 9.91. The molecule has 10 aromatic carbocycles. The molecule has 2 bridgehead atoms. The van der Waals surface area contributed by atoms with Crippen LogP contribution >= 0.6 is 11.8 Å². The van der Waals surface area contributed by atoms with E-state index in [9.17, 15) is 5.11 Å². The van der Waals surface area contributed by atoms with Crippen molar-refractivity contribution in [2.75, 3.05) is 6.61 Å². The van der Waals surface area contributed by atoms with Crippen LogP contribution in [0.1, 0.15) is 59.7 Å². The summed E-state index contributed by atoms with van der Waals surface area (Å²) in [6, 6.07) is 79.3. The molecule has 0 saturated carbocycles. The first-order chi connectivity index (χ1) is 43.9. The molecule has 1 fully saturated rings. The van der Waals surface area contributed by atoms with Crippen LogP contribution in [0.2, 0.25) is 0 Å². The third-order valence-corrected chi connectivity index (χ3v) is 16.2. The highest BCUT2D eigenvalue weighted by Crippen LogP contribution is 2.56. The van der Waals surface area contributed by atoms with Gasteiger partial charge < -0.3 is 52.5 Å². The normalized spacial score (nSPS) is 17.1. The Bertz CT molecular complexity index is 3910. The van der Waals surface area contributed by atoms with Gasteiger partial charge in [0.25, 0.3) is 0 Å².